The Balaban J connectivity index is 0.00000324. The van der Waals surface area contributed by atoms with E-state index in [0.29, 0.717) is 0 Å². The van der Waals surface area contributed by atoms with Gasteiger partial charge in [0.05, 0.1) is 12.1 Å². The van der Waals surface area contributed by atoms with Crippen LogP contribution in [-0.4, -0.2) is 57.0 Å². The fourth-order valence-corrected chi connectivity index (χ4v) is 5.81. The average Bonchev–Trinajstić information content (AvgIpc) is 3.21. The summed E-state index contributed by atoms with van der Waals surface area (Å²) in [7, 11) is 0.0210. The van der Waals surface area contributed by atoms with Crippen LogP contribution in [0.2, 0.25) is 18.1 Å². The van der Waals surface area contributed by atoms with Crippen molar-refractivity contribution in [2.24, 2.45) is 0 Å². The lowest BCUT2D eigenvalue weighted by atomic mass is 10.1. The average molecular weight is 616 g/mol. The highest BCUT2D eigenvalue weighted by molar-refractivity contribution is 9.10. The van der Waals surface area contributed by atoms with E-state index in [-0.39, 0.29) is 56.9 Å². The second-order valence-corrected chi connectivity index (χ2v) is 16.4. The number of likely N-dealkylation sites (N-methyl/N-ethyl adjacent to an activating group) is 1. The number of carbonyl (C=O) groups excluding carboxylic acids is 1. The summed E-state index contributed by atoms with van der Waals surface area (Å²) in [5, 5.41) is 0.196. The summed E-state index contributed by atoms with van der Waals surface area (Å²) >= 11 is 3.59. The molecular formula is C27H43BrN2O3S2Si. The van der Waals surface area contributed by atoms with Gasteiger partial charge in [0, 0.05) is 31.2 Å². The van der Waals surface area contributed by atoms with Gasteiger partial charge in [-0.15, -0.1) is 0 Å². The van der Waals surface area contributed by atoms with Crippen LogP contribution in [0.15, 0.2) is 59.1 Å². The van der Waals surface area contributed by atoms with Crippen molar-refractivity contribution >= 4 is 57.3 Å². The quantitative estimate of drug-likeness (QED) is 0.298. The van der Waals surface area contributed by atoms with E-state index in [1.807, 2.05) is 49.5 Å². The molecule has 1 amide bonds. The third-order valence-electron chi connectivity index (χ3n) is 7.12. The van der Waals surface area contributed by atoms with Crippen molar-refractivity contribution in [2.45, 2.75) is 64.1 Å². The minimum Gasteiger partial charge on any atom is -0.445 e. The zero-order valence-electron chi connectivity index (χ0n) is 22.4. The molecule has 1 fully saturated rings. The van der Waals surface area contributed by atoms with Crippen LogP contribution in [0.4, 0.5) is 4.79 Å². The fraction of sp³-hybridized carbons (Fsp3) is 0.519. The van der Waals surface area contributed by atoms with Gasteiger partial charge in [0.15, 0.2) is 8.32 Å². The largest absolute Gasteiger partial charge is 0.445 e. The van der Waals surface area contributed by atoms with Crippen LogP contribution in [0.25, 0.3) is 0 Å². The van der Waals surface area contributed by atoms with Crippen molar-refractivity contribution in [3.63, 3.8) is 0 Å². The molecule has 3 rings (SSSR count). The third kappa shape index (κ3) is 9.10. The van der Waals surface area contributed by atoms with Crippen LogP contribution in [-0.2, 0) is 15.8 Å². The summed E-state index contributed by atoms with van der Waals surface area (Å²) in [6.07, 6.45) is 0.960. The molecule has 5 nitrogen and oxygen atoms in total. The number of amides is 1. The van der Waals surface area contributed by atoms with Gasteiger partial charge in [0.25, 0.3) is 0 Å². The summed E-state index contributed by atoms with van der Waals surface area (Å²) in [6, 6.07) is 17.9. The number of likely N-dealkylation sites (tertiary alicyclic amines) is 1. The van der Waals surface area contributed by atoms with Gasteiger partial charge in [0.2, 0.25) is 0 Å². The predicted molar refractivity (Wildman–Crippen MR) is 165 cm³/mol. The lowest BCUT2D eigenvalue weighted by Crippen LogP contribution is -2.45. The molecule has 36 heavy (non-hydrogen) atoms. The first-order valence-corrected chi connectivity index (χ1v) is 15.8. The number of carbonyl (C=O) groups is 1. The molecular weight excluding hydrogens is 572 g/mol. The topological polar surface area (TPSA) is 42.0 Å². The normalized spacial score (nSPS) is 17.0. The Morgan fingerprint density at radius 2 is 1.81 bits per heavy atom. The van der Waals surface area contributed by atoms with E-state index in [2.05, 4.69) is 66.8 Å². The van der Waals surface area contributed by atoms with Crippen LogP contribution in [0, 0.1) is 0 Å². The molecule has 0 unspecified atom stereocenters. The molecule has 2 atom stereocenters. The molecule has 0 radical (unpaired) electrons. The van der Waals surface area contributed by atoms with Crippen molar-refractivity contribution in [2.75, 3.05) is 26.7 Å². The lowest BCUT2D eigenvalue weighted by molar-refractivity contribution is 0.0819. The Hall–Kier alpha value is -0.973. The van der Waals surface area contributed by atoms with Crippen LogP contribution in [0.1, 0.15) is 44.4 Å². The van der Waals surface area contributed by atoms with E-state index in [1.165, 1.54) is 0 Å². The van der Waals surface area contributed by atoms with Crippen LogP contribution >= 0.6 is 42.9 Å². The number of hydrogen-bond acceptors (Lipinski definition) is 4. The zero-order chi connectivity index (χ0) is 24.9. The first-order chi connectivity index (χ1) is 16.0. The minimum atomic E-state index is -1.81. The molecule has 1 saturated heterocycles. The maximum absolute atomic E-state index is 13.0. The van der Waals surface area contributed by atoms with Gasteiger partial charge in [-0.3, -0.25) is 4.90 Å². The highest BCUT2D eigenvalue weighted by Gasteiger charge is 2.41. The summed E-state index contributed by atoms with van der Waals surface area (Å²) in [4.78, 5) is 17.2. The van der Waals surface area contributed by atoms with Crippen LogP contribution < -0.4 is 0 Å². The number of hydrogen-bond donors (Lipinski definition) is 0. The van der Waals surface area contributed by atoms with Gasteiger partial charge in [-0.2, -0.15) is 27.0 Å². The van der Waals surface area contributed by atoms with E-state index in [0.717, 1.165) is 41.7 Å². The molecule has 0 aromatic heterocycles. The maximum Gasteiger partial charge on any atom is 0.410 e. The van der Waals surface area contributed by atoms with Crippen molar-refractivity contribution < 1.29 is 14.0 Å². The molecule has 202 valence electrons. The van der Waals surface area contributed by atoms with Gasteiger partial charge in [-0.25, -0.2) is 4.79 Å². The van der Waals surface area contributed by atoms with E-state index in [4.69, 9.17) is 9.16 Å². The van der Waals surface area contributed by atoms with E-state index < -0.39 is 8.32 Å². The molecule has 0 spiro atoms. The fourth-order valence-electron chi connectivity index (χ4n) is 4.01. The van der Waals surface area contributed by atoms with Gasteiger partial charge >= 0.3 is 6.09 Å². The smallest absolute Gasteiger partial charge is 0.410 e. The van der Waals surface area contributed by atoms with E-state index in [1.54, 1.807) is 4.90 Å². The van der Waals surface area contributed by atoms with Crippen molar-refractivity contribution in [1.29, 1.82) is 0 Å². The first kappa shape index (κ1) is 33.1. The monoisotopic (exact) mass is 614 g/mol. The summed E-state index contributed by atoms with van der Waals surface area (Å²) < 4.78 is 13.3. The summed E-state index contributed by atoms with van der Waals surface area (Å²) in [5.74, 6) is 0. The van der Waals surface area contributed by atoms with Gasteiger partial charge in [-0.1, -0.05) is 79.2 Å². The highest BCUT2D eigenvalue weighted by atomic mass is 79.9. The SMILES string of the molecule is CN(C(=O)OCc1ccccc1)[C@H](CN1CC[C@@H](O[Si](C)(C)C(C)(C)C)C1)c1cccc(Br)c1.S.S. The molecule has 2 aromatic carbocycles. The highest BCUT2D eigenvalue weighted by Crippen LogP contribution is 2.38. The number of ether oxygens (including phenoxy) is 1. The number of benzene rings is 2. The molecule has 0 aliphatic carbocycles. The molecule has 0 saturated carbocycles. The summed E-state index contributed by atoms with van der Waals surface area (Å²) in [6.45, 7) is 14.3. The Bertz CT molecular complexity index is 960. The molecule has 1 heterocycles. The van der Waals surface area contributed by atoms with Gasteiger partial charge in [-0.05, 0) is 47.8 Å². The van der Waals surface area contributed by atoms with Crippen LogP contribution in [0.3, 0.4) is 0 Å². The standard InChI is InChI=1S/C27H39BrN2O3Si.2H2S/c1-27(2,3)34(5,6)33-24-15-16-30(18-24)19-25(22-13-10-14-23(28)17-22)29(4)26(31)32-20-21-11-8-7-9-12-21;;/h7-14,17,24-25H,15-16,18-20H2,1-6H3;2*1H2/t24-,25-;;/m1../s1. The Morgan fingerprint density at radius 1 is 1.14 bits per heavy atom. The number of nitrogens with zero attached hydrogens (tertiary/aromatic N) is 2. The minimum absolute atomic E-state index is 0. The Morgan fingerprint density at radius 3 is 2.42 bits per heavy atom. The Labute approximate surface area is 241 Å². The zero-order valence-corrected chi connectivity index (χ0v) is 27.0. The predicted octanol–water partition coefficient (Wildman–Crippen LogP) is 7.08. The van der Waals surface area contributed by atoms with Gasteiger partial charge < -0.3 is 14.1 Å². The number of rotatable bonds is 8. The molecule has 1 aliphatic rings. The Kier molecular flexibility index (Phi) is 13.1. The maximum atomic E-state index is 13.0. The first-order valence-electron chi connectivity index (χ1n) is 12.1. The van der Waals surface area contributed by atoms with Gasteiger partial charge in [0.1, 0.15) is 6.61 Å². The second kappa shape index (κ2) is 14.3. The van der Waals surface area contributed by atoms with Crippen LogP contribution in [0.5, 0.6) is 0 Å². The second-order valence-electron chi connectivity index (χ2n) is 10.8. The molecule has 1 aliphatic heterocycles. The molecule has 9 heteroatoms. The van der Waals surface area contributed by atoms with E-state index in [9.17, 15) is 4.79 Å². The van der Waals surface area contributed by atoms with Crippen molar-refractivity contribution in [3.05, 3.63) is 70.2 Å². The molecule has 2 aromatic rings. The lowest BCUT2D eigenvalue weighted by Gasteiger charge is -2.38. The molecule has 0 bridgehead atoms. The third-order valence-corrected chi connectivity index (χ3v) is 12.2. The molecule has 0 N–H and O–H groups in total. The summed E-state index contributed by atoms with van der Waals surface area (Å²) in [5.41, 5.74) is 2.07. The number of halogens is 1. The van der Waals surface area contributed by atoms with Crippen molar-refractivity contribution in [3.8, 4) is 0 Å². The van der Waals surface area contributed by atoms with Crippen molar-refractivity contribution in [1.82, 2.24) is 9.80 Å². The van der Waals surface area contributed by atoms with E-state index >= 15 is 0 Å².